The lowest BCUT2D eigenvalue weighted by molar-refractivity contribution is -0.126. The first-order valence-corrected chi connectivity index (χ1v) is 14.6. The normalized spacial score (nSPS) is 20.0. The maximum Gasteiger partial charge on any atom is 0.254 e. The fraction of sp³-hybridized carbons (Fsp3) is 0.500. The van der Waals surface area contributed by atoms with Crippen molar-refractivity contribution in [2.45, 2.75) is 102 Å². The lowest BCUT2D eigenvalue weighted by atomic mass is 9.81. The molecule has 0 radical (unpaired) electrons. The summed E-state index contributed by atoms with van der Waals surface area (Å²) < 4.78 is 2.45. The highest BCUT2D eigenvalue weighted by molar-refractivity contribution is 6.03. The van der Waals surface area contributed by atoms with Crippen LogP contribution in [0.3, 0.4) is 0 Å². The molecule has 2 aromatic rings. The van der Waals surface area contributed by atoms with Gasteiger partial charge in [-0.25, -0.2) is 0 Å². The minimum Gasteiger partial charge on any atom is -0.340 e. The lowest BCUT2D eigenvalue weighted by Gasteiger charge is -2.36. The first-order valence-electron chi connectivity index (χ1n) is 14.6. The van der Waals surface area contributed by atoms with Crippen LogP contribution >= 0.6 is 0 Å². The Morgan fingerprint density at radius 1 is 1.11 bits per heavy atom. The molecule has 1 amide bonds. The number of nitrogens with zero attached hydrogens (tertiary/aromatic N) is 2. The number of ketones is 1. The molecular weight excluding hydrogens is 468 g/mol. The molecule has 0 spiro atoms. The van der Waals surface area contributed by atoms with Gasteiger partial charge in [0.05, 0.1) is 5.69 Å². The van der Waals surface area contributed by atoms with Gasteiger partial charge in [0.2, 0.25) is 0 Å². The average Bonchev–Trinajstić information content (AvgIpc) is 3.54. The maximum absolute atomic E-state index is 13.9. The van der Waals surface area contributed by atoms with E-state index < -0.39 is 5.54 Å². The van der Waals surface area contributed by atoms with Crippen molar-refractivity contribution in [1.82, 2.24) is 9.47 Å². The van der Waals surface area contributed by atoms with Crippen LogP contribution in [0.4, 0.5) is 0 Å². The fourth-order valence-corrected chi connectivity index (χ4v) is 7.27. The third kappa shape index (κ3) is 4.54. The molecule has 1 aliphatic heterocycles. The first-order chi connectivity index (χ1) is 18.4. The molecule has 38 heavy (non-hydrogen) atoms. The van der Waals surface area contributed by atoms with Crippen LogP contribution in [0, 0.1) is 0 Å². The molecule has 4 heteroatoms. The Balaban J connectivity index is 1.70. The molecule has 200 valence electrons. The van der Waals surface area contributed by atoms with E-state index >= 15 is 0 Å². The van der Waals surface area contributed by atoms with Crippen molar-refractivity contribution in [2.24, 2.45) is 0 Å². The maximum atomic E-state index is 13.9. The summed E-state index contributed by atoms with van der Waals surface area (Å²) in [5.41, 5.74) is 9.81. The standard InChI is InChI=1S/C34H42N2O2/c1-5-13-27-22-25(6-2)14-12-21-36-30-23-28(33(38)35(4)34(24(3)37)19-10-11-20-34)17-18-29(30)31(32(27)36)26-15-8-7-9-16-26/h5-6,13,17-18,23,26H,2,7-12,14-16,19-21H2,1,3-4H3/b13-5-. The van der Waals surface area contributed by atoms with Gasteiger partial charge in [-0.3, -0.25) is 9.59 Å². The van der Waals surface area contributed by atoms with Crippen molar-refractivity contribution in [3.63, 3.8) is 0 Å². The first kappa shape index (κ1) is 26.5. The number of hydrogen-bond donors (Lipinski definition) is 0. The Kier molecular flexibility index (Phi) is 7.63. The number of rotatable bonds is 6. The summed E-state index contributed by atoms with van der Waals surface area (Å²) in [5, 5.41) is 1.26. The van der Waals surface area contributed by atoms with Gasteiger partial charge in [-0.15, -0.1) is 5.73 Å². The van der Waals surface area contributed by atoms with E-state index in [1.807, 2.05) is 19.2 Å². The third-order valence-corrected chi connectivity index (χ3v) is 9.35. The van der Waals surface area contributed by atoms with E-state index in [4.69, 9.17) is 0 Å². The molecule has 1 aromatic heterocycles. The van der Waals surface area contributed by atoms with E-state index in [9.17, 15) is 9.59 Å². The minimum atomic E-state index is -0.666. The molecule has 0 bridgehead atoms. The van der Waals surface area contributed by atoms with Crippen molar-refractivity contribution in [2.75, 3.05) is 7.05 Å². The molecule has 0 unspecified atom stereocenters. The lowest BCUT2D eigenvalue weighted by Crippen LogP contribution is -2.52. The summed E-state index contributed by atoms with van der Waals surface area (Å²) >= 11 is 0. The quantitative estimate of drug-likeness (QED) is 0.368. The van der Waals surface area contributed by atoms with E-state index in [2.05, 4.69) is 48.1 Å². The number of carbonyl (C=O) groups excluding carboxylic acids is 2. The molecule has 2 fully saturated rings. The van der Waals surface area contributed by atoms with Gasteiger partial charge in [0.25, 0.3) is 5.91 Å². The number of aromatic nitrogens is 1. The second-order valence-corrected chi connectivity index (χ2v) is 11.5. The zero-order valence-corrected chi connectivity index (χ0v) is 23.4. The number of amides is 1. The molecule has 0 N–H and O–H groups in total. The van der Waals surface area contributed by atoms with Crippen LogP contribution in [0.2, 0.25) is 0 Å². The zero-order chi connectivity index (χ0) is 26.9. The number of fused-ring (bicyclic) bond motifs is 3. The van der Waals surface area contributed by atoms with E-state index in [1.54, 1.807) is 11.8 Å². The molecule has 3 aliphatic rings. The highest BCUT2D eigenvalue weighted by Gasteiger charge is 2.44. The Labute approximate surface area is 227 Å². The van der Waals surface area contributed by atoms with Crippen molar-refractivity contribution in [3.8, 4) is 0 Å². The van der Waals surface area contributed by atoms with Crippen LogP contribution < -0.4 is 0 Å². The Morgan fingerprint density at radius 2 is 1.84 bits per heavy atom. The average molecular weight is 511 g/mol. The van der Waals surface area contributed by atoms with Gasteiger partial charge in [0.1, 0.15) is 5.54 Å². The second-order valence-electron chi connectivity index (χ2n) is 11.5. The van der Waals surface area contributed by atoms with Gasteiger partial charge >= 0.3 is 0 Å². The van der Waals surface area contributed by atoms with Gasteiger partial charge in [0, 0.05) is 35.6 Å². The highest BCUT2D eigenvalue weighted by Crippen LogP contribution is 2.44. The van der Waals surface area contributed by atoms with Gasteiger partial charge in [-0.2, -0.15) is 0 Å². The van der Waals surface area contributed by atoms with E-state index in [-0.39, 0.29) is 11.7 Å². The molecule has 0 atom stereocenters. The van der Waals surface area contributed by atoms with E-state index in [0.717, 1.165) is 61.7 Å². The number of hydrogen-bond acceptors (Lipinski definition) is 2. The minimum absolute atomic E-state index is 0.0531. The number of Topliss-reactive ketones (excluding diaryl/α,β-unsaturated/α-hetero) is 1. The van der Waals surface area contributed by atoms with Gasteiger partial charge in [-0.05, 0) is 87.6 Å². The van der Waals surface area contributed by atoms with Crippen molar-refractivity contribution in [3.05, 3.63) is 71.1 Å². The highest BCUT2D eigenvalue weighted by atomic mass is 16.2. The molecular formula is C34H42N2O2. The zero-order valence-electron chi connectivity index (χ0n) is 23.4. The van der Waals surface area contributed by atoms with Crippen LogP contribution in [0.1, 0.15) is 112 Å². The molecule has 2 aliphatic carbocycles. The number of aryl methyl sites for hydroxylation is 1. The van der Waals surface area contributed by atoms with Crippen molar-refractivity contribution < 1.29 is 9.59 Å². The molecule has 2 saturated carbocycles. The van der Waals surface area contributed by atoms with Crippen molar-refractivity contribution >= 4 is 28.2 Å². The molecule has 2 heterocycles. The van der Waals surface area contributed by atoms with Crippen LogP contribution in [-0.4, -0.2) is 33.7 Å². The van der Waals surface area contributed by atoms with Crippen LogP contribution in [0.25, 0.3) is 16.5 Å². The number of likely N-dealkylation sites (N-methyl/N-ethyl adjacent to an activating group) is 1. The monoisotopic (exact) mass is 510 g/mol. The number of carbonyl (C=O) groups is 2. The fourth-order valence-electron chi connectivity index (χ4n) is 7.27. The van der Waals surface area contributed by atoms with Gasteiger partial charge < -0.3 is 9.47 Å². The van der Waals surface area contributed by atoms with Crippen LogP contribution in [-0.2, 0) is 11.3 Å². The Morgan fingerprint density at radius 3 is 2.50 bits per heavy atom. The smallest absolute Gasteiger partial charge is 0.254 e. The van der Waals surface area contributed by atoms with Crippen LogP contribution in [0.5, 0.6) is 0 Å². The van der Waals surface area contributed by atoms with Gasteiger partial charge in [-0.1, -0.05) is 56.9 Å². The van der Waals surface area contributed by atoms with Crippen molar-refractivity contribution in [1.29, 1.82) is 0 Å². The number of benzene rings is 1. The summed E-state index contributed by atoms with van der Waals surface area (Å²) in [4.78, 5) is 28.3. The summed E-state index contributed by atoms with van der Waals surface area (Å²) in [5.74, 6) is 0.563. The molecule has 1 aromatic carbocycles. The van der Waals surface area contributed by atoms with Crippen LogP contribution in [0.15, 0.2) is 54.3 Å². The molecule has 5 rings (SSSR count). The van der Waals surface area contributed by atoms with Gasteiger partial charge in [0.15, 0.2) is 5.78 Å². The topological polar surface area (TPSA) is 42.3 Å². The molecule has 0 saturated heterocycles. The summed E-state index contributed by atoms with van der Waals surface area (Å²) in [6, 6.07) is 6.27. The third-order valence-electron chi connectivity index (χ3n) is 9.35. The SMILES string of the molecule is C=CC1=C=C(/C=C\C)c2c(C3CCCCC3)c3ccc(C(=O)N(C)C4(C(C)=O)CCCC4)cc3n2CCC1. The largest absolute Gasteiger partial charge is 0.340 e. The Hall–Kier alpha value is -3.10. The summed E-state index contributed by atoms with van der Waals surface area (Å²) in [6.45, 7) is 8.65. The number of allylic oxidation sites excluding steroid dienone is 4. The van der Waals surface area contributed by atoms with E-state index in [1.165, 1.54) is 48.7 Å². The summed E-state index contributed by atoms with van der Waals surface area (Å²) in [6.07, 6.45) is 17.9. The Bertz CT molecular complexity index is 1350. The predicted molar refractivity (Wildman–Crippen MR) is 156 cm³/mol. The molecule has 4 nitrogen and oxygen atoms in total. The van der Waals surface area contributed by atoms with E-state index in [0.29, 0.717) is 11.5 Å². The summed E-state index contributed by atoms with van der Waals surface area (Å²) in [7, 11) is 1.82. The second kappa shape index (κ2) is 10.9. The predicted octanol–water partition coefficient (Wildman–Crippen LogP) is 8.13.